The number of benzene rings is 1. The van der Waals surface area contributed by atoms with Crippen molar-refractivity contribution in [2.75, 3.05) is 25.9 Å². The Bertz CT molecular complexity index is 836. The Balaban J connectivity index is 2.22. The number of methoxy groups -OCH3 is 1. The van der Waals surface area contributed by atoms with E-state index in [4.69, 9.17) is 15.5 Å². The first-order valence-corrected chi connectivity index (χ1v) is 8.30. The zero-order valence-electron chi connectivity index (χ0n) is 14.5. The van der Waals surface area contributed by atoms with Crippen LogP contribution in [0.15, 0.2) is 42.6 Å². The monoisotopic (exact) mass is 324 g/mol. The molecule has 0 saturated carbocycles. The van der Waals surface area contributed by atoms with Crippen LogP contribution in [0.1, 0.15) is 19.5 Å². The third-order valence-corrected chi connectivity index (χ3v) is 4.37. The minimum Gasteiger partial charge on any atom is -0.496 e. The normalized spacial score (nSPS) is 11.3. The van der Waals surface area contributed by atoms with Crippen molar-refractivity contribution in [2.24, 2.45) is 0 Å². The van der Waals surface area contributed by atoms with Crippen molar-refractivity contribution in [3.05, 3.63) is 48.3 Å². The van der Waals surface area contributed by atoms with Gasteiger partial charge in [-0.2, -0.15) is 0 Å². The SMILES string of the molecule is CCN(CC)Cc1c(-c2ccccc2OC)nc2ccc(N)cn12. The summed E-state index contributed by atoms with van der Waals surface area (Å²) in [5.41, 5.74) is 10.7. The van der Waals surface area contributed by atoms with Crippen LogP contribution in [0.25, 0.3) is 16.9 Å². The number of ether oxygens (including phenoxy) is 1. The van der Waals surface area contributed by atoms with Crippen LogP contribution in [0.5, 0.6) is 5.75 Å². The highest BCUT2D eigenvalue weighted by Gasteiger charge is 2.18. The fourth-order valence-electron chi connectivity index (χ4n) is 2.98. The molecule has 3 aromatic rings. The molecule has 0 radical (unpaired) electrons. The van der Waals surface area contributed by atoms with E-state index in [1.54, 1.807) is 7.11 Å². The minimum absolute atomic E-state index is 0.729. The highest BCUT2D eigenvalue weighted by atomic mass is 16.5. The van der Waals surface area contributed by atoms with E-state index in [2.05, 4.69) is 29.2 Å². The fraction of sp³-hybridized carbons (Fsp3) is 0.316. The van der Waals surface area contributed by atoms with Gasteiger partial charge in [0.05, 0.1) is 18.5 Å². The molecule has 2 N–H and O–H groups in total. The molecule has 1 aromatic carbocycles. The Morgan fingerprint density at radius 1 is 1.12 bits per heavy atom. The zero-order valence-corrected chi connectivity index (χ0v) is 14.5. The van der Waals surface area contributed by atoms with Crippen molar-refractivity contribution in [2.45, 2.75) is 20.4 Å². The van der Waals surface area contributed by atoms with E-state index in [1.165, 1.54) is 0 Å². The van der Waals surface area contributed by atoms with Crippen molar-refractivity contribution in [3.63, 3.8) is 0 Å². The van der Waals surface area contributed by atoms with Gasteiger partial charge in [0.2, 0.25) is 0 Å². The van der Waals surface area contributed by atoms with Crippen LogP contribution < -0.4 is 10.5 Å². The van der Waals surface area contributed by atoms with E-state index in [1.807, 2.05) is 36.5 Å². The van der Waals surface area contributed by atoms with E-state index in [0.717, 1.165) is 53.7 Å². The Morgan fingerprint density at radius 2 is 1.88 bits per heavy atom. The number of para-hydroxylation sites is 1. The first-order valence-electron chi connectivity index (χ1n) is 8.30. The average Bonchev–Trinajstić information content (AvgIpc) is 2.96. The summed E-state index contributed by atoms with van der Waals surface area (Å²) < 4.78 is 7.64. The van der Waals surface area contributed by atoms with Gasteiger partial charge in [-0.15, -0.1) is 0 Å². The summed E-state index contributed by atoms with van der Waals surface area (Å²) in [6.45, 7) is 7.12. The summed E-state index contributed by atoms with van der Waals surface area (Å²) in [5.74, 6) is 0.828. The molecule has 5 nitrogen and oxygen atoms in total. The van der Waals surface area contributed by atoms with Gasteiger partial charge in [0, 0.05) is 24.0 Å². The summed E-state index contributed by atoms with van der Waals surface area (Å²) in [4.78, 5) is 7.22. The summed E-state index contributed by atoms with van der Waals surface area (Å²) in [6, 6.07) is 11.8. The zero-order chi connectivity index (χ0) is 17.1. The lowest BCUT2D eigenvalue weighted by Crippen LogP contribution is -2.23. The number of aromatic nitrogens is 2. The number of hydrogen-bond donors (Lipinski definition) is 1. The molecular formula is C19H24N4O. The maximum Gasteiger partial charge on any atom is 0.137 e. The Morgan fingerprint density at radius 3 is 2.58 bits per heavy atom. The predicted molar refractivity (Wildman–Crippen MR) is 98.2 cm³/mol. The largest absolute Gasteiger partial charge is 0.496 e. The highest BCUT2D eigenvalue weighted by Crippen LogP contribution is 2.33. The molecule has 0 atom stereocenters. The average molecular weight is 324 g/mol. The molecule has 126 valence electrons. The van der Waals surface area contributed by atoms with Crippen molar-refractivity contribution >= 4 is 11.3 Å². The molecule has 2 heterocycles. The number of rotatable bonds is 6. The van der Waals surface area contributed by atoms with Gasteiger partial charge in [-0.05, 0) is 37.4 Å². The number of nitrogen functional groups attached to an aromatic ring is 1. The molecule has 3 rings (SSSR count). The van der Waals surface area contributed by atoms with Crippen molar-refractivity contribution in [3.8, 4) is 17.0 Å². The standard InChI is InChI=1S/C19H24N4O/c1-4-22(5-2)13-16-19(15-8-6-7-9-17(15)24-3)21-18-11-10-14(20)12-23(16)18/h6-12H,4-5,13,20H2,1-3H3. The van der Waals surface area contributed by atoms with Gasteiger partial charge in [-0.3, -0.25) is 4.90 Å². The number of anilines is 1. The summed E-state index contributed by atoms with van der Waals surface area (Å²) in [7, 11) is 1.69. The van der Waals surface area contributed by atoms with Crippen LogP contribution >= 0.6 is 0 Å². The van der Waals surface area contributed by atoms with E-state index in [0.29, 0.717) is 0 Å². The van der Waals surface area contributed by atoms with Gasteiger partial charge in [0.15, 0.2) is 0 Å². The topological polar surface area (TPSA) is 55.8 Å². The molecule has 24 heavy (non-hydrogen) atoms. The summed E-state index contributed by atoms with van der Waals surface area (Å²) >= 11 is 0. The van der Waals surface area contributed by atoms with E-state index < -0.39 is 0 Å². The number of fused-ring (bicyclic) bond motifs is 1. The molecule has 0 bridgehead atoms. The van der Waals surface area contributed by atoms with Gasteiger partial charge in [-0.25, -0.2) is 4.98 Å². The van der Waals surface area contributed by atoms with Crippen LogP contribution in [-0.2, 0) is 6.54 Å². The van der Waals surface area contributed by atoms with Crippen molar-refractivity contribution < 1.29 is 4.74 Å². The second-order valence-electron chi connectivity index (χ2n) is 5.76. The quantitative estimate of drug-likeness (QED) is 0.755. The first-order chi connectivity index (χ1) is 11.7. The fourth-order valence-corrected chi connectivity index (χ4v) is 2.98. The Hall–Kier alpha value is -2.53. The second-order valence-corrected chi connectivity index (χ2v) is 5.76. The molecule has 0 fully saturated rings. The van der Waals surface area contributed by atoms with Gasteiger partial charge < -0.3 is 14.9 Å². The third-order valence-electron chi connectivity index (χ3n) is 4.37. The summed E-state index contributed by atoms with van der Waals surface area (Å²) in [6.07, 6.45) is 1.94. The molecular weight excluding hydrogens is 300 g/mol. The Kier molecular flexibility index (Phi) is 4.71. The van der Waals surface area contributed by atoms with Crippen LogP contribution in [0, 0.1) is 0 Å². The number of pyridine rings is 1. The number of nitrogens with zero attached hydrogens (tertiary/aromatic N) is 3. The molecule has 0 amide bonds. The molecule has 0 aliphatic rings. The maximum absolute atomic E-state index is 6.01. The third kappa shape index (κ3) is 2.95. The van der Waals surface area contributed by atoms with Crippen LogP contribution in [-0.4, -0.2) is 34.5 Å². The molecule has 0 spiro atoms. The van der Waals surface area contributed by atoms with Crippen molar-refractivity contribution in [1.82, 2.24) is 14.3 Å². The van der Waals surface area contributed by atoms with E-state index >= 15 is 0 Å². The van der Waals surface area contributed by atoms with Gasteiger partial charge in [-0.1, -0.05) is 26.0 Å². The number of imidazole rings is 1. The minimum atomic E-state index is 0.729. The van der Waals surface area contributed by atoms with Crippen LogP contribution in [0.2, 0.25) is 0 Å². The smallest absolute Gasteiger partial charge is 0.137 e. The van der Waals surface area contributed by atoms with Gasteiger partial charge in [0.25, 0.3) is 0 Å². The summed E-state index contributed by atoms with van der Waals surface area (Å²) in [5, 5.41) is 0. The number of nitrogens with two attached hydrogens (primary N) is 1. The lowest BCUT2D eigenvalue weighted by atomic mass is 10.1. The van der Waals surface area contributed by atoms with Gasteiger partial charge >= 0.3 is 0 Å². The number of hydrogen-bond acceptors (Lipinski definition) is 4. The van der Waals surface area contributed by atoms with Gasteiger partial charge in [0.1, 0.15) is 11.4 Å². The highest BCUT2D eigenvalue weighted by molar-refractivity contribution is 5.72. The molecule has 5 heteroatoms. The Labute approximate surface area is 142 Å². The molecule has 0 unspecified atom stereocenters. The van der Waals surface area contributed by atoms with Crippen molar-refractivity contribution in [1.29, 1.82) is 0 Å². The van der Waals surface area contributed by atoms with Crippen LogP contribution in [0.3, 0.4) is 0 Å². The molecule has 2 aromatic heterocycles. The lowest BCUT2D eigenvalue weighted by molar-refractivity contribution is 0.292. The maximum atomic E-state index is 6.01. The second kappa shape index (κ2) is 6.93. The van der Waals surface area contributed by atoms with Crippen LogP contribution in [0.4, 0.5) is 5.69 Å². The predicted octanol–water partition coefficient (Wildman–Crippen LogP) is 3.43. The molecule has 0 aliphatic heterocycles. The molecule has 0 aliphatic carbocycles. The van der Waals surface area contributed by atoms with E-state index in [9.17, 15) is 0 Å². The lowest BCUT2D eigenvalue weighted by Gasteiger charge is -2.19. The van der Waals surface area contributed by atoms with E-state index in [-0.39, 0.29) is 0 Å². The molecule has 0 saturated heterocycles. The first kappa shape index (κ1) is 16.3.